The fraction of sp³-hybridized carbons (Fsp3) is 0.857. The molecule has 0 rings (SSSR count). The summed E-state index contributed by atoms with van der Waals surface area (Å²) in [5.41, 5.74) is 0. The van der Waals surface area contributed by atoms with Gasteiger partial charge in [-0.1, -0.05) is 0 Å². The number of hydrogen-bond donors (Lipinski definition) is 0. The molecule has 0 aliphatic carbocycles. The third kappa shape index (κ3) is 9.56. The molecule has 0 unspecified atom stereocenters. The molecule has 0 aromatic carbocycles. The van der Waals surface area contributed by atoms with Crippen LogP contribution < -0.4 is 0 Å². The first-order chi connectivity index (χ1) is 5.06. The third-order valence-corrected chi connectivity index (χ3v) is 2.08. The summed E-state index contributed by atoms with van der Waals surface area (Å²) in [6, 6.07) is 0. The van der Waals surface area contributed by atoms with Crippen molar-refractivity contribution >= 4 is 14.4 Å². The van der Waals surface area contributed by atoms with Crippen LogP contribution in [0.25, 0.3) is 0 Å². The first kappa shape index (κ1) is 10.6. The van der Waals surface area contributed by atoms with Gasteiger partial charge in [0.2, 0.25) is 6.08 Å². The van der Waals surface area contributed by atoms with Gasteiger partial charge in [-0.05, 0) is 26.1 Å². The summed E-state index contributed by atoms with van der Waals surface area (Å²) in [4.78, 5) is 13.1. The van der Waals surface area contributed by atoms with Crippen molar-refractivity contribution in [1.29, 1.82) is 0 Å². The van der Waals surface area contributed by atoms with Gasteiger partial charge in [-0.15, -0.1) is 0 Å². The van der Waals surface area contributed by atoms with Gasteiger partial charge in [-0.2, -0.15) is 0 Å². The largest absolute Gasteiger partial charge is 0.418 e. The Balaban J connectivity index is 3.21. The van der Waals surface area contributed by atoms with E-state index in [0.717, 1.165) is 6.42 Å². The second kappa shape index (κ2) is 5.24. The van der Waals surface area contributed by atoms with E-state index in [-0.39, 0.29) is 0 Å². The second-order valence-corrected chi connectivity index (χ2v) is 7.80. The smallest absolute Gasteiger partial charge is 0.234 e. The summed E-state index contributed by atoms with van der Waals surface area (Å²) in [6.45, 7) is 7.65. The van der Waals surface area contributed by atoms with E-state index in [9.17, 15) is 4.79 Å². The van der Waals surface area contributed by atoms with Crippen LogP contribution in [0.5, 0.6) is 0 Å². The molecular formula is C7H15NO2Si. The maximum absolute atomic E-state index is 9.64. The van der Waals surface area contributed by atoms with E-state index < -0.39 is 8.32 Å². The summed E-state index contributed by atoms with van der Waals surface area (Å²) in [7, 11) is -1.36. The average molecular weight is 173 g/mol. The molecule has 0 saturated carbocycles. The van der Waals surface area contributed by atoms with E-state index in [4.69, 9.17) is 4.43 Å². The van der Waals surface area contributed by atoms with Crippen LogP contribution in [0.4, 0.5) is 0 Å². The number of nitrogens with zero attached hydrogens (tertiary/aromatic N) is 1. The van der Waals surface area contributed by atoms with Crippen LogP contribution in [0.15, 0.2) is 4.99 Å². The monoisotopic (exact) mass is 173 g/mol. The molecule has 64 valence electrons. The Morgan fingerprint density at radius 3 is 2.55 bits per heavy atom. The van der Waals surface area contributed by atoms with Crippen LogP contribution in [0, 0.1) is 0 Å². The molecule has 0 aliphatic heterocycles. The molecule has 0 spiro atoms. The van der Waals surface area contributed by atoms with E-state index in [1.807, 2.05) is 0 Å². The summed E-state index contributed by atoms with van der Waals surface area (Å²) >= 11 is 0. The lowest BCUT2D eigenvalue weighted by Gasteiger charge is -2.16. The molecule has 0 atom stereocenters. The molecule has 11 heavy (non-hydrogen) atoms. The van der Waals surface area contributed by atoms with Gasteiger partial charge >= 0.3 is 0 Å². The normalized spacial score (nSPS) is 10.8. The Morgan fingerprint density at radius 2 is 2.09 bits per heavy atom. The Hall–Kier alpha value is -0.443. The van der Waals surface area contributed by atoms with Crippen molar-refractivity contribution in [2.24, 2.45) is 4.99 Å². The molecule has 4 heteroatoms. The summed E-state index contributed by atoms with van der Waals surface area (Å²) < 4.78 is 5.52. The highest BCUT2D eigenvalue weighted by molar-refractivity contribution is 6.69. The molecule has 0 heterocycles. The fourth-order valence-corrected chi connectivity index (χ4v) is 1.32. The maximum atomic E-state index is 9.64. The van der Waals surface area contributed by atoms with Crippen molar-refractivity contribution in [3.63, 3.8) is 0 Å². The van der Waals surface area contributed by atoms with Gasteiger partial charge in [0.05, 0.1) is 6.54 Å². The molecule has 0 N–H and O–H groups in total. The van der Waals surface area contributed by atoms with E-state index in [2.05, 4.69) is 24.6 Å². The van der Waals surface area contributed by atoms with Gasteiger partial charge in [-0.25, -0.2) is 9.79 Å². The molecule has 0 aliphatic rings. The molecule has 0 radical (unpaired) electrons. The predicted molar refractivity (Wildman–Crippen MR) is 46.9 cm³/mol. The lowest BCUT2D eigenvalue weighted by Crippen LogP contribution is -2.25. The minimum absolute atomic E-state index is 0.536. The lowest BCUT2D eigenvalue weighted by molar-refractivity contribution is 0.307. The molecule has 0 bridgehead atoms. The Labute approximate surface area is 68.6 Å². The van der Waals surface area contributed by atoms with Crippen molar-refractivity contribution in [2.75, 3.05) is 13.2 Å². The van der Waals surface area contributed by atoms with Crippen LogP contribution >= 0.6 is 0 Å². The van der Waals surface area contributed by atoms with Crippen molar-refractivity contribution in [1.82, 2.24) is 0 Å². The van der Waals surface area contributed by atoms with Gasteiger partial charge in [0.15, 0.2) is 8.32 Å². The Morgan fingerprint density at radius 1 is 1.45 bits per heavy atom. The quantitative estimate of drug-likeness (QED) is 0.274. The number of hydrogen-bond acceptors (Lipinski definition) is 3. The standard InChI is InChI=1S/C7H15NO2Si/c1-11(2,3)10-6-4-5-8-7-9/h4-6H2,1-3H3. The second-order valence-electron chi connectivity index (χ2n) is 3.29. The zero-order chi connectivity index (χ0) is 8.74. The van der Waals surface area contributed by atoms with Gasteiger partial charge in [0.1, 0.15) is 0 Å². The first-order valence-corrected chi connectivity index (χ1v) is 7.15. The molecular weight excluding hydrogens is 158 g/mol. The summed E-state index contributed by atoms with van der Waals surface area (Å²) in [5, 5.41) is 0. The summed E-state index contributed by atoms with van der Waals surface area (Å²) in [5.74, 6) is 0. The number of isocyanates is 1. The zero-order valence-corrected chi connectivity index (χ0v) is 8.39. The van der Waals surface area contributed by atoms with Gasteiger partial charge in [-0.3, -0.25) is 0 Å². The predicted octanol–water partition coefficient (Wildman–Crippen LogP) is 1.56. The van der Waals surface area contributed by atoms with E-state index in [0.29, 0.717) is 13.2 Å². The maximum Gasteiger partial charge on any atom is 0.234 e. The number of carbonyl (C=O) groups excluding carboxylic acids is 1. The molecule has 3 nitrogen and oxygen atoms in total. The highest BCUT2D eigenvalue weighted by Gasteiger charge is 2.12. The van der Waals surface area contributed by atoms with Crippen LogP contribution in [-0.2, 0) is 9.22 Å². The van der Waals surface area contributed by atoms with Crippen molar-refractivity contribution in [3.05, 3.63) is 0 Å². The molecule has 0 amide bonds. The van der Waals surface area contributed by atoms with Crippen molar-refractivity contribution < 1.29 is 9.22 Å². The number of rotatable bonds is 5. The summed E-state index contributed by atoms with van der Waals surface area (Å²) in [6.07, 6.45) is 2.32. The topological polar surface area (TPSA) is 38.7 Å². The minimum Gasteiger partial charge on any atom is -0.418 e. The van der Waals surface area contributed by atoms with Crippen LogP contribution in [0.2, 0.25) is 19.6 Å². The van der Waals surface area contributed by atoms with Crippen LogP contribution in [-0.4, -0.2) is 27.5 Å². The van der Waals surface area contributed by atoms with Gasteiger partial charge in [0.25, 0.3) is 0 Å². The van der Waals surface area contributed by atoms with E-state index >= 15 is 0 Å². The van der Waals surface area contributed by atoms with Crippen molar-refractivity contribution in [3.8, 4) is 0 Å². The third-order valence-electron chi connectivity index (χ3n) is 1.01. The molecule has 0 saturated heterocycles. The fourth-order valence-electron chi connectivity index (χ4n) is 0.568. The SMILES string of the molecule is C[Si](C)(C)OCCCN=C=O. The highest BCUT2D eigenvalue weighted by atomic mass is 28.4. The molecule has 0 aromatic heterocycles. The number of aliphatic imine (C=N–C) groups is 1. The average Bonchev–Trinajstić information content (AvgIpc) is 1.85. The molecule has 0 aromatic rings. The van der Waals surface area contributed by atoms with Crippen LogP contribution in [0.3, 0.4) is 0 Å². The van der Waals surface area contributed by atoms with E-state index in [1.165, 1.54) is 6.08 Å². The Kier molecular flexibility index (Phi) is 5.03. The Bertz CT molecular complexity index is 147. The lowest BCUT2D eigenvalue weighted by atomic mass is 10.5. The van der Waals surface area contributed by atoms with Crippen molar-refractivity contribution in [2.45, 2.75) is 26.1 Å². The highest BCUT2D eigenvalue weighted by Crippen LogP contribution is 2.02. The molecule has 0 fully saturated rings. The van der Waals surface area contributed by atoms with Crippen LogP contribution in [0.1, 0.15) is 6.42 Å². The van der Waals surface area contributed by atoms with Gasteiger partial charge < -0.3 is 4.43 Å². The zero-order valence-electron chi connectivity index (χ0n) is 7.39. The van der Waals surface area contributed by atoms with E-state index in [1.54, 1.807) is 0 Å². The van der Waals surface area contributed by atoms with Gasteiger partial charge in [0, 0.05) is 6.61 Å². The minimum atomic E-state index is -1.36. The first-order valence-electron chi connectivity index (χ1n) is 3.74.